The maximum atomic E-state index is 12.2. The van der Waals surface area contributed by atoms with Gasteiger partial charge in [-0.2, -0.15) is 0 Å². The van der Waals surface area contributed by atoms with Gasteiger partial charge in [0.1, 0.15) is 0 Å². The first-order chi connectivity index (χ1) is 8.70. The number of nitrogens with two attached hydrogens (primary N) is 1. The van der Waals surface area contributed by atoms with Gasteiger partial charge in [-0.25, -0.2) is 13.1 Å². The second-order valence-corrected chi connectivity index (χ2v) is 6.02. The van der Waals surface area contributed by atoms with Gasteiger partial charge in [-0.15, -0.1) is 0 Å². The zero-order chi connectivity index (χ0) is 14.8. The molecule has 0 amide bonds. The average molecular weight is 287 g/mol. The molecule has 7 nitrogen and oxygen atoms in total. The van der Waals surface area contributed by atoms with Crippen LogP contribution in [0, 0.1) is 24.0 Å². The highest BCUT2D eigenvalue weighted by atomic mass is 32.2. The van der Waals surface area contributed by atoms with Gasteiger partial charge >= 0.3 is 0 Å². The molecule has 0 aliphatic heterocycles. The summed E-state index contributed by atoms with van der Waals surface area (Å²) in [5.41, 5.74) is 5.97. The van der Waals surface area contributed by atoms with Gasteiger partial charge in [-0.1, -0.05) is 6.07 Å². The minimum atomic E-state index is -3.97. The standard InChI is InChI=1S/C11H17N3O4S/c1-7-4-5-10(14(15)16)11(9(7)3)19(17,18)13-8(2)6-12/h4-5,8,13H,6,12H2,1-3H3/t8-/m0/s1. The van der Waals surface area contributed by atoms with Crippen LogP contribution in [0.3, 0.4) is 0 Å². The second kappa shape index (κ2) is 5.64. The molecule has 0 unspecified atom stereocenters. The van der Waals surface area contributed by atoms with Crippen LogP contribution in [-0.2, 0) is 10.0 Å². The second-order valence-electron chi connectivity index (χ2n) is 4.37. The molecule has 1 atom stereocenters. The van der Waals surface area contributed by atoms with Crippen LogP contribution in [0.25, 0.3) is 0 Å². The molecule has 0 aliphatic rings. The van der Waals surface area contributed by atoms with Crippen LogP contribution in [0.1, 0.15) is 18.1 Å². The Kier molecular flexibility index (Phi) is 4.61. The van der Waals surface area contributed by atoms with Crippen molar-refractivity contribution < 1.29 is 13.3 Å². The summed E-state index contributed by atoms with van der Waals surface area (Å²) in [5, 5.41) is 11.0. The lowest BCUT2D eigenvalue weighted by Gasteiger charge is -2.14. The van der Waals surface area contributed by atoms with Gasteiger partial charge in [0.15, 0.2) is 4.90 Å². The van der Waals surface area contributed by atoms with Crippen LogP contribution in [0.5, 0.6) is 0 Å². The summed E-state index contributed by atoms with van der Waals surface area (Å²) < 4.78 is 26.8. The van der Waals surface area contributed by atoms with Crippen LogP contribution in [0.2, 0.25) is 0 Å². The minimum absolute atomic E-state index is 0.109. The van der Waals surface area contributed by atoms with E-state index in [1.165, 1.54) is 12.1 Å². The van der Waals surface area contributed by atoms with Crippen molar-refractivity contribution in [3.05, 3.63) is 33.4 Å². The molecule has 0 radical (unpaired) electrons. The first-order valence-electron chi connectivity index (χ1n) is 5.67. The number of sulfonamides is 1. The zero-order valence-corrected chi connectivity index (χ0v) is 11.8. The van der Waals surface area contributed by atoms with E-state index in [1.807, 2.05) is 0 Å². The minimum Gasteiger partial charge on any atom is -0.329 e. The van der Waals surface area contributed by atoms with E-state index < -0.39 is 26.7 Å². The Bertz CT molecular complexity index is 598. The molecule has 106 valence electrons. The van der Waals surface area contributed by atoms with E-state index in [0.29, 0.717) is 11.1 Å². The van der Waals surface area contributed by atoms with Gasteiger partial charge in [0.05, 0.1) is 4.92 Å². The van der Waals surface area contributed by atoms with E-state index in [-0.39, 0.29) is 11.4 Å². The first kappa shape index (κ1) is 15.5. The number of nitrogens with one attached hydrogen (secondary N) is 1. The van der Waals surface area contributed by atoms with Crippen molar-refractivity contribution in [2.24, 2.45) is 5.73 Å². The molecule has 1 aromatic carbocycles. The number of nitro groups is 1. The predicted molar refractivity (Wildman–Crippen MR) is 71.4 cm³/mol. The Morgan fingerprint density at radius 2 is 2.00 bits per heavy atom. The van der Waals surface area contributed by atoms with Gasteiger partial charge in [0.25, 0.3) is 5.69 Å². The van der Waals surface area contributed by atoms with Gasteiger partial charge in [0, 0.05) is 18.7 Å². The van der Waals surface area contributed by atoms with E-state index >= 15 is 0 Å². The molecule has 0 bridgehead atoms. The fourth-order valence-corrected chi connectivity index (χ4v) is 3.36. The lowest BCUT2D eigenvalue weighted by atomic mass is 10.1. The summed E-state index contributed by atoms with van der Waals surface area (Å²) in [7, 11) is -3.97. The van der Waals surface area contributed by atoms with Crippen molar-refractivity contribution in [3.8, 4) is 0 Å². The quantitative estimate of drug-likeness (QED) is 0.615. The van der Waals surface area contributed by atoms with Crippen LogP contribution in [0.4, 0.5) is 5.69 Å². The number of benzene rings is 1. The largest absolute Gasteiger partial charge is 0.329 e. The van der Waals surface area contributed by atoms with E-state index in [9.17, 15) is 18.5 Å². The number of hydrogen-bond donors (Lipinski definition) is 2. The third-order valence-electron chi connectivity index (χ3n) is 2.83. The van der Waals surface area contributed by atoms with Gasteiger partial charge in [0.2, 0.25) is 10.0 Å². The predicted octanol–water partition coefficient (Wildman–Crippen LogP) is 0.837. The van der Waals surface area contributed by atoms with Crippen molar-refractivity contribution in [2.75, 3.05) is 6.54 Å². The fourth-order valence-electron chi connectivity index (χ4n) is 1.63. The topological polar surface area (TPSA) is 115 Å². The first-order valence-corrected chi connectivity index (χ1v) is 7.16. The molecule has 8 heteroatoms. The summed E-state index contributed by atoms with van der Waals surface area (Å²) in [4.78, 5) is 9.98. The summed E-state index contributed by atoms with van der Waals surface area (Å²) in [6.45, 7) is 4.95. The number of nitro benzene ring substituents is 1. The van der Waals surface area contributed by atoms with Crippen LogP contribution < -0.4 is 10.5 Å². The van der Waals surface area contributed by atoms with Gasteiger partial charge in [-0.05, 0) is 31.9 Å². The summed E-state index contributed by atoms with van der Waals surface area (Å²) in [6.07, 6.45) is 0. The molecule has 1 rings (SSSR count). The van der Waals surface area contributed by atoms with Crippen LogP contribution >= 0.6 is 0 Å². The molecule has 0 saturated carbocycles. The van der Waals surface area contributed by atoms with Crippen molar-refractivity contribution >= 4 is 15.7 Å². The molecule has 0 spiro atoms. The summed E-state index contributed by atoms with van der Waals surface area (Å²) >= 11 is 0. The maximum absolute atomic E-state index is 12.2. The molecule has 19 heavy (non-hydrogen) atoms. The fraction of sp³-hybridized carbons (Fsp3) is 0.455. The lowest BCUT2D eigenvalue weighted by molar-refractivity contribution is -0.387. The highest BCUT2D eigenvalue weighted by Crippen LogP contribution is 2.29. The van der Waals surface area contributed by atoms with E-state index in [4.69, 9.17) is 5.73 Å². The van der Waals surface area contributed by atoms with E-state index in [2.05, 4.69) is 4.72 Å². The monoisotopic (exact) mass is 287 g/mol. The molecular formula is C11H17N3O4S. The molecular weight excluding hydrogens is 270 g/mol. The number of nitrogens with zero attached hydrogens (tertiary/aromatic N) is 1. The highest BCUT2D eigenvalue weighted by Gasteiger charge is 2.29. The number of hydrogen-bond acceptors (Lipinski definition) is 5. The Morgan fingerprint density at radius 3 is 2.47 bits per heavy atom. The average Bonchev–Trinajstić information content (AvgIpc) is 2.30. The lowest BCUT2D eigenvalue weighted by Crippen LogP contribution is -2.38. The normalized spacial score (nSPS) is 13.3. The Balaban J connectivity index is 3.48. The van der Waals surface area contributed by atoms with E-state index in [0.717, 1.165) is 0 Å². The summed E-state index contributed by atoms with van der Waals surface area (Å²) in [6, 6.07) is 2.23. The molecule has 3 N–H and O–H groups in total. The van der Waals surface area contributed by atoms with Crippen molar-refractivity contribution in [3.63, 3.8) is 0 Å². The van der Waals surface area contributed by atoms with Crippen LogP contribution in [-0.4, -0.2) is 25.9 Å². The maximum Gasteiger partial charge on any atom is 0.289 e. The van der Waals surface area contributed by atoms with Crippen LogP contribution in [0.15, 0.2) is 17.0 Å². The van der Waals surface area contributed by atoms with Crippen molar-refractivity contribution in [2.45, 2.75) is 31.7 Å². The Labute approximate surface area is 112 Å². The van der Waals surface area contributed by atoms with Crippen molar-refractivity contribution in [1.29, 1.82) is 0 Å². The SMILES string of the molecule is Cc1ccc([N+](=O)[O-])c(S(=O)(=O)N[C@@H](C)CN)c1C. The smallest absolute Gasteiger partial charge is 0.289 e. The third-order valence-corrected chi connectivity index (χ3v) is 4.60. The highest BCUT2D eigenvalue weighted by molar-refractivity contribution is 7.89. The van der Waals surface area contributed by atoms with E-state index in [1.54, 1.807) is 20.8 Å². The molecule has 0 saturated heterocycles. The summed E-state index contributed by atoms with van der Waals surface area (Å²) in [5.74, 6) is 0. The molecule has 0 aliphatic carbocycles. The molecule has 0 aromatic heterocycles. The van der Waals surface area contributed by atoms with Gasteiger partial charge in [-0.3, -0.25) is 10.1 Å². The number of aryl methyl sites for hydroxylation is 1. The third kappa shape index (κ3) is 3.28. The molecule has 0 fully saturated rings. The molecule has 0 heterocycles. The molecule has 1 aromatic rings. The zero-order valence-electron chi connectivity index (χ0n) is 11.0. The number of rotatable bonds is 5. The Hall–Kier alpha value is -1.51. The van der Waals surface area contributed by atoms with Gasteiger partial charge < -0.3 is 5.73 Å². The van der Waals surface area contributed by atoms with Crippen molar-refractivity contribution in [1.82, 2.24) is 4.72 Å². The Morgan fingerprint density at radius 1 is 1.42 bits per heavy atom.